The average Bonchev–Trinajstić information content (AvgIpc) is 2.77. The van der Waals surface area contributed by atoms with Gasteiger partial charge in [-0.1, -0.05) is 11.6 Å². The van der Waals surface area contributed by atoms with Crippen LogP contribution in [0.3, 0.4) is 0 Å². The van der Waals surface area contributed by atoms with E-state index >= 15 is 0 Å². The van der Waals surface area contributed by atoms with E-state index in [9.17, 15) is 13.6 Å². The molecule has 0 aliphatic heterocycles. The van der Waals surface area contributed by atoms with Gasteiger partial charge in [0, 0.05) is 35.8 Å². The molecule has 170 valence electrons. The molecule has 0 spiro atoms. The zero-order valence-electron chi connectivity index (χ0n) is 18.1. The fraction of sp³-hybridized carbons (Fsp3) is 0.174. The molecule has 0 fully saturated rings. The molecule has 3 aromatic rings. The summed E-state index contributed by atoms with van der Waals surface area (Å²) in [5, 5.41) is 2.69. The van der Waals surface area contributed by atoms with E-state index in [0.29, 0.717) is 40.9 Å². The van der Waals surface area contributed by atoms with Crippen molar-refractivity contribution in [2.24, 2.45) is 0 Å². The molecule has 3 rings (SSSR count). The maximum atomic E-state index is 14.0. The number of rotatable bonds is 8. The number of halogens is 3. The Labute approximate surface area is 194 Å². The Morgan fingerprint density at radius 1 is 1.15 bits per heavy atom. The minimum Gasteiger partial charge on any atom is -0.486 e. The third kappa shape index (κ3) is 6.17. The van der Waals surface area contributed by atoms with E-state index < -0.39 is 11.6 Å². The van der Waals surface area contributed by atoms with Crippen LogP contribution in [0, 0.1) is 25.5 Å². The monoisotopic (exact) mass is 471 g/mol. The summed E-state index contributed by atoms with van der Waals surface area (Å²) < 4.78 is 32.9. The largest absolute Gasteiger partial charge is 0.486 e. The second kappa shape index (κ2) is 10.7. The van der Waals surface area contributed by atoms with Crippen molar-refractivity contribution < 1.29 is 18.3 Å². The number of hydrogen-bond donors (Lipinski definition) is 1. The zero-order valence-corrected chi connectivity index (χ0v) is 18.8. The first-order valence-corrected chi connectivity index (χ1v) is 10.1. The fourth-order valence-corrected chi connectivity index (χ4v) is 3.14. The molecule has 0 aliphatic rings. The highest BCUT2D eigenvalue weighted by Crippen LogP contribution is 2.30. The van der Waals surface area contributed by atoms with Crippen LogP contribution in [-0.4, -0.2) is 26.3 Å². The van der Waals surface area contributed by atoms with Crippen LogP contribution in [-0.2, 0) is 16.1 Å². The van der Waals surface area contributed by atoms with Crippen LogP contribution in [0.5, 0.6) is 0 Å². The summed E-state index contributed by atoms with van der Waals surface area (Å²) in [6.07, 6.45) is 6.17. The van der Waals surface area contributed by atoms with Crippen LogP contribution < -0.4 is 5.32 Å². The van der Waals surface area contributed by atoms with Gasteiger partial charge in [0.05, 0.1) is 22.6 Å². The molecule has 33 heavy (non-hydrogen) atoms. The molecule has 0 atom stereocenters. The lowest BCUT2D eigenvalue weighted by atomic mass is 10.1. The van der Waals surface area contributed by atoms with Crippen molar-refractivity contribution in [1.29, 1.82) is 0 Å². The predicted octanol–water partition coefficient (Wildman–Crippen LogP) is 4.60. The maximum Gasteiger partial charge on any atom is 0.211 e. The molecule has 10 heteroatoms. The van der Waals surface area contributed by atoms with Crippen molar-refractivity contribution in [2.75, 3.05) is 0 Å². The number of carbonyl (C=O) groups is 1. The van der Waals surface area contributed by atoms with Crippen LogP contribution in [0.1, 0.15) is 29.6 Å². The summed E-state index contributed by atoms with van der Waals surface area (Å²) in [6.45, 7) is 4.91. The van der Waals surface area contributed by atoms with Gasteiger partial charge in [-0.05, 0) is 38.5 Å². The van der Waals surface area contributed by atoms with Gasteiger partial charge < -0.3 is 10.1 Å². The van der Waals surface area contributed by atoms with Crippen molar-refractivity contribution >= 4 is 23.0 Å². The Bertz CT molecular complexity index is 1250. The molecular formula is C23H20ClF2N5O2. The van der Waals surface area contributed by atoms with Gasteiger partial charge in [0.15, 0.2) is 5.82 Å². The number of hydrogen-bond acceptors (Lipinski definition) is 6. The molecule has 0 bridgehead atoms. The predicted molar refractivity (Wildman–Crippen MR) is 119 cm³/mol. The van der Waals surface area contributed by atoms with E-state index in [-0.39, 0.29) is 23.1 Å². The van der Waals surface area contributed by atoms with E-state index in [1.807, 2.05) is 6.92 Å². The maximum absolute atomic E-state index is 14.0. The van der Waals surface area contributed by atoms with Crippen molar-refractivity contribution in [3.05, 3.63) is 88.6 Å². The normalized spacial score (nSPS) is 12.2. The Balaban J connectivity index is 2.04. The van der Waals surface area contributed by atoms with Crippen LogP contribution in [0.4, 0.5) is 8.78 Å². The molecule has 0 aromatic carbocycles. The van der Waals surface area contributed by atoms with E-state index in [1.165, 1.54) is 6.08 Å². The zero-order chi connectivity index (χ0) is 24.0. The average molecular weight is 472 g/mol. The van der Waals surface area contributed by atoms with Crippen molar-refractivity contribution in [2.45, 2.75) is 27.4 Å². The summed E-state index contributed by atoms with van der Waals surface area (Å²) in [6, 6.07) is 4.19. The summed E-state index contributed by atoms with van der Waals surface area (Å²) >= 11 is 6.70. The first-order chi connectivity index (χ1) is 15.8. The van der Waals surface area contributed by atoms with Gasteiger partial charge >= 0.3 is 0 Å². The van der Waals surface area contributed by atoms with Gasteiger partial charge in [-0.2, -0.15) is 0 Å². The van der Waals surface area contributed by atoms with E-state index in [4.69, 9.17) is 16.3 Å². The number of nitrogens with one attached hydrogen (secondary N) is 1. The minimum absolute atomic E-state index is 0.101. The van der Waals surface area contributed by atoms with Gasteiger partial charge in [0.1, 0.15) is 29.7 Å². The van der Waals surface area contributed by atoms with Crippen LogP contribution in [0.2, 0.25) is 0 Å². The Kier molecular flexibility index (Phi) is 7.78. The lowest BCUT2D eigenvalue weighted by Gasteiger charge is -2.14. The molecular weight excluding hydrogens is 452 g/mol. The molecule has 1 N–H and O–H groups in total. The number of ether oxygens (including phenoxy) is 1. The molecule has 3 aromatic heterocycles. The summed E-state index contributed by atoms with van der Waals surface area (Å²) in [5.41, 5.74) is 2.85. The van der Waals surface area contributed by atoms with E-state index in [1.54, 1.807) is 38.4 Å². The minimum atomic E-state index is -0.848. The lowest BCUT2D eigenvalue weighted by Crippen LogP contribution is -2.08. The number of nitrogens with zero attached hydrogens (tertiary/aromatic N) is 4. The number of aromatic nitrogens is 4. The van der Waals surface area contributed by atoms with Crippen LogP contribution in [0.15, 0.2) is 54.3 Å². The molecule has 0 saturated heterocycles. The van der Waals surface area contributed by atoms with E-state index in [0.717, 1.165) is 11.8 Å². The highest BCUT2D eigenvalue weighted by Gasteiger charge is 2.15. The smallest absolute Gasteiger partial charge is 0.211 e. The van der Waals surface area contributed by atoms with Crippen molar-refractivity contribution in [1.82, 2.24) is 25.3 Å². The lowest BCUT2D eigenvalue weighted by molar-refractivity contribution is -0.108. The summed E-state index contributed by atoms with van der Waals surface area (Å²) in [5.74, 6) is -0.905. The SMILES string of the molecule is C/C(=C/C(OCc1ncc(F)cc1F)=C(/Cl)c1cc(-c2ccnc(C)n2)ncc1C)NC=O. The first kappa shape index (κ1) is 23.9. The molecule has 0 radical (unpaired) electrons. The van der Waals surface area contributed by atoms with Gasteiger partial charge in [0.2, 0.25) is 6.41 Å². The second-order valence-corrected chi connectivity index (χ2v) is 7.39. The number of amides is 1. The molecule has 0 unspecified atom stereocenters. The van der Waals surface area contributed by atoms with Gasteiger partial charge in [-0.3, -0.25) is 14.8 Å². The van der Waals surface area contributed by atoms with Crippen molar-refractivity contribution in [3.8, 4) is 11.4 Å². The van der Waals surface area contributed by atoms with Gasteiger partial charge in [-0.15, -0.1) is 0 Å². The topological polar surface area (TPSA) is 89.9 Å². The number of pyridine rings is 2. The number of aryl methyl sites for hydroxylation is 2. The third-order valence-corrected chi connectivity index (χ3v) is 4.87. The second-order valence-electron chi connectivity index (χ2n) is 7.01. The molecule has 7 nitrogen and oxygen atoms in total. The van der Waals surface area contributed by atoms with Gasteiger partial charge in [-0.25, -0.2) is 18.7 Å². The highest BCUT2D eigenvalue weighted by molar-refractivity contribution is 6.49. The number of allylic oxidation sites excluding steroid dienone is 2. The Morgan fingerprint density at radius 3 is 2.64 bits per heavy atom. The first-order valence-electron chi connectivity index (χ1n) is 9.76. The van der Waals surface area contributed by atoms with E-state index in [2.05, 4.69) is 25.3 Å². The molecule has 1 amide bonds. The quantitative estimate of drug-likeness (QED) is 0.293. The Morgan fingerprint density at radius 2 is 1.94 bits per heavy atom. The van der Waals surface area contributed by atoms with Gasteiger partial charge in [0.25, 0.3) is 0 Å². The summed E-state index contributed by atoms with van der Waals surface area (Å²) in [4.78, 5) is 27.4. The standard InChI is InChI=1S/C23H20ClF2N5O2/c1-13-9-28-20(19-4-5-27-15(3)31-19)8-17(13)23(24)22(6-14(2)30-12-32)33-11-21-18(26)7-16(25)10-29-21/h4-10,12H,11H2,1-3H3,(H,30,32)/b14-6-,23-22-. The molecule has 0 aliphatic carbocycles. The summed E-state index contributed by atoms with van der Waals surface area (Å²) in [7, 11) is 0. The van der Waals surface area contributed by atoms with Crippen LogP contribution in [0.25, 0.3) is 16.4 Å². The van der Waals surface area contributed by atoms with Crippen LogP contribution >= 0.6 is 11.6 Å². The fourth-order valence-electron chi connectivity index (χ4n) is 2.83. The number of carbonyl (C=O) groups excluding carboxylic acids is 1. The Hall–Kier alpha value is -3.72. The molecule has 0 saturated carbocycles. The highest BCUT2D eigenvalue weighted by atomic mass is 35.5. The molecule has 3 heterocycles. The van der Waals surface area contributed by atoms with Crippen molar-refractivity contribution in [3.63, 3.8) is 0 Å². The third-order valence-electron chi connectivity index (χ3n) is 4.48.